The number of nitrogens with one attached hydrogen (secondary N) is 1. The minimum Gasteiger partial charge on any atom is -0.452 e. The van der Waals surface area contributed by atoms with E-state index >= 15 is 0 Å². The lowest BCUT2D eigenvalue weighted by atomic mass is 10.2. The molecule has 134 valence electrons. The summed E-state index contributed by atoms with van der Waals surface area (Å²) in [5.41, 5.74) is 2.69. The lowest BCUT2D eigenvalue weighted by Gasteiger charge is -2.13. The lowest BCUT2D eigenvalue weighted by molar-refractivity contribution is -0.154. The van der Waals surface area contributed by atoms with Gasteiger partial charge in [-0.2, -0.15) is 11.3 Å². The van der Waals surface area contributed by atoms with Crippen LogP contribution in [0, 0.1) is 0 Å². The van der Waals surface area contributed by atoms with E-state index in [-0.39, 0.29) is 12.3 Å². The summed E-state index contributed by atoms with van der Waals surface area (Å²) in [6.07, 6.45) is -0.794. The molecule has 0 saturated heterocycles. The monoisotopic (exact) mass is 386 g/mol. The zero-order chi connectivity index (χ0) is 18.4. The SMILES string of the molecule is C[C@@H](OC(=O)Cc1csc(-c2ccsc2)n1)C(=O)NCc1ccccc1. The molecule has 1 amide bonds. The highest BCUT2D eigenvalue weighted by atomic mass is 32.1. The first-order chi connectivity index (χ1) is 12.6. The van der Waals surface area contributed by atoms with Crippen molar-refractivity contribution in [3.05, 3.63) is 63.8 Å². The van der Waals surface area contributed by atoms with Gasteiger partial charge in [-0.1, -0.05) is 30.3 Å². The highest BCUT2D eigenvalue weighted by molar-refractivity contribution is 7.14. The van der Waals surface area contributed by atoms with Crippen LogP contribution in [0.4, 0.5) is 0 Å². The molecule has 1 aromatic carbocycles. The van der Waals surface area contributed by atoms with E-state index in [1.54, 1.807) is 18.3 Å². The van der Waals surface area contributed by atoms with Gasteiger partial charge in [0, 0.05) is 22.9 Å². The van der Waals surface area contributed by atoms with E-state index in [4.69, 9.17) is 4.74 Å². The Balaban J connectivity index is 1.47. The topological polar surface area (TPSA) is 68.3 Å². The van der Waals surface area contributed by atoms with Crippen LogP contribution < -0.4 is 5.32 Å². The summed E-state index contributed by atoms with van der Waals surface area (Å²) in [7, 11) is 0. The molecule has 7 heteroatoms. The smallest absolute Gasteiger partial charge is 0.312 e. The lowest BCUT2D eigenvalue weighted by Crippen LogP contribution is -2.35. The van der Waals surface area contributed by atoms with E-state index in [1.165, 1.54) is 11.3 Å². The Morgan fingerprint density at radius 2 is 2.00 bits per heavy atom. The van der Waals surface area contributed by atoms with Crippen molar-refractivity contribution >= 4 is 34.6 Å². The van der Waals surface area contributed by atoms with Crippen LogP contribution >= 0.6 is 22.7 Å². The Hall–Kier alpha value is -2.51. The number of thiophene rings is 1. The van der Waals surface area contributed by atoms with Gasteiger partial charge in [0.2, 0.25) is 0 Å². The second kappa shape index (κ2) is 8.73. The van der Waals surface area contributed by atoms with Crippen LogP contribution in [-0.4, -0.2) is 23.0 Å². The molecule has 2 aromatic heterocycles. The molecule has 0 unspecified atom stereocenters. The summed E-state index contributed by atoms with van der Waals surface area (Å²) in [5.74, 6) is -0.783. The molecule has 0 aliphatic heterocycles. The zero-order valence-corrected chi connectivity index (χ0v) is 15.8. The molecule has 0 fully saturated rings. The van der Waals surface area contributed by atoms with Gasteiger partial charge in [-0.3, -0.25) is 9.59 Å². The molecule has 2 heterocycles. The van der Waals surface area contributed by atoms with Crippen molar-refractivity contribution in [1.82, 2.24) is 10.3 Å². The quantitative estimate of drug-likeness (QED) is 0.629. The Labute approximate surface area is 159 Å². The van der Waals surface area contributed by atoms with Gasteiger partial charge < -0.3 is 10.1 Å². The Kier molecular flexibility index (Phi) is 6.14. The number of nitrogens with zero attached hydrogens (tertiary/aromatic N) is 1. The third-order valence-electron chi connectivity index (χ3n) is 3.63. The molecule has 0 aliphatic rings. The van der Waals surface area contributed by atoms with Gasteiger partial charge in [0.15, 0.2) is 6.10 Å². The van der Waals surface area contributed by atoms with Gasteiger partial charge in [0.05, 0.1) is 12.1 Å². The second-order valence-electron chi connectivity index (χ2n) is 5.67. The normalized spacial score (nSPS) is 11.7. The van der Waals surface area contributed by atoms with Crippen LogP contribution in [0.15, 0.2) is 52.5 Å². The fourth-order valence-electron chi connectivity index (χ4n) is 2.28. The number of amides is 1. The molecule has 0 saturated carbocycles. The largest absolute Gasteiger partial charge is 0.452 e. The van der Waals surface area contributed by atoms with Crippen LogP contribution in [0.5, 0.6) is 0 Å². The maximum Gasteiger partial charge on any atom is 0.312 e. The second-order valence-corrected chi connectivity index (χ2v) is 7.31. The summed E-state index contributed by atoms with van der Waals surface area (Å²) in [4.78, 5) is 28.6. The van der Waals surface area contributed by atoms with Gasteiger partial charge in [0.25, 0.3) is 5.91 Å². The number of esters is 1. The Morgan fingerprint density at radius 1 is 1.19 bits per heavy atom. The standard InChI is InChI=1S/C19H18N2O3S2/c1-13(18(23)20-10-14-5-3-2-4-6-14)24-17(22)9-16-12-26-19(21-16)15-7-8-25-11-15/h2-8,11-13H,9-10H2,1H3,(H,20,23)/t13-/m1/s1. The summed E-state index contributed by atoms with van der Waals surface area (Å²) in [6, 6.07) is 11.6. The van der Waals surface area contributed by atoms with Crippen LogP contribution in [0.2, 0.25) is 0 Å². The van der Waals surface area contributed by atoms with Gasteiger partial charge >= 0.3 is 5.97 Å². The van der Waals surface area contributed by atoms with Gasteiger partial charge in [0.1, 0.15) is 5.01 Å². The average molecular weight is 386 g/mol. The summed E-state index contributed by atoms with van der Waals surface area (Å²) in [6.45, 7) is 1.97. The molecule has 1 N–H and O–H groups in total. The Bertz CT molecular complexity index is 860. The van der Waals surface area contributed by atoms with Crippen LogP contribution in [0.1, 0.15) is 18.2 Å². The molecule has 5 nitrogen and oxygen atoms in total. The third kappa shape index (κ3) is 5.00. The fraction of sp³-hybridized carbons (Fsp3) is 0.211. The number of carbonyl (C=O) groups excluding carboxylic acids is 2. The van der Waals surface area contributed by atoms with E-state index in [2.05, 4.69) is 10.3 Å². The first-order valence-electron chi connectivity index (χ1n) is 8.10. The fourth-order valence-corrected chi connectivity index (χ4v) is 3.81. The Morgan fingerprint density at radius 3 is 2.73 bits per heavy atom. The molecule has 0 spiro atoms. The van der Waals surface area contributed by atoms with Crippen molar-refractivity contribution < 1.29 is 14.3 Å². The molecule has 1 atom stereocenters. The summed E-state index contributed by atoms with van der Waals surface area (Å²) < 4.78 is 5.22. The van der Waals surface area contributed by atoms with Crippen molar-refractivity contribution in [2.45, 2.75) is 26.0 Å². The van der Waals surface area contributed by atoms with Crippen molar-refractivity contribution in [2.75, 3.05) is 0 Å². The molecule has 3 aromatic rings. The number of rotatable bonds is 7. The molecule has 3 rings (SSSR count). The predicted molar refractivity (Wildman–Crippen MR) is 103 cm³/mol. The maximum atomic E-state index is 12.1. The van der Waals surface area contributed by atoms with E-state index in [1.807, 2.05) is 52.5 Å². The molecular weight excluding hydrogens is 368 g/mol. The molecule has 0 radical (unpaired) electrons. The van der Waals surface area contributed by atoms with Crippen LogP contribution in [-0.2, 0) is 27.3 Å². The maximum absolute atomic E-state index is 12.1. The molecule has 0 aliphatic carbocycles. The van der Waals surface area contributed by atoms with Crippen molar-refractivity contribution in [3.63, 3.8) is 0 Å². The van der Waals surface area contributed by atoms with E-state index < -0.39 is 12.1 Å². The van der Waals surface area contributed by atoms with E-state index in [0.717, 1.165) is 16.1 Å². The number of benzene rings is 1. The molecular formula is C19H18N2O3S2. The van der Waals surface area contributed by atoms with Gasteiger partial charge in [-0.15, -0.1) is 11.3 Å². The highest BCUT2D eigenvalue weighted by Gasteiger charge is 2.18. The first-order valence-corrected chi connectivity index (χ1v) is 9.92. The number of thiazole rings is 1. The average Bonchev–Trinajstić information content (AvgIpc) is 3.32. The number of hydrogen-bond acceptors (Lipinski definition) is 6. The minimum absolute atomic E-state index is 0.0525. The first kappa shape index (κ1) is 18.3. The minimum atomic E-state index is -0.846. The van der Waals surface area contributed by atoms with E-state index in [9.17, 15) is 9.59 Å². The van der Waals surface area contributed by atoms with Gasteiger partial charge in [-0.25, -0.2) is 4.98 Å². The number of aromatic nitrogens is 1. The predicted octanol–water partition coefficient (Wildman–Crippen LogP) is 3.66. The summed E-state index contributed by atoms with van der Waals surface area (Å²) >= 11 is 3.09. The number of hydrogen-bond donors (Lipinski definition) is 1. The molecule has 0 bridgehead atoms. The van der Waals surface area contributed by atoms with Crippen molar-refractivity contribution in [1.29, 1.82) is 0 Å². The number of ether oxygens (including phenoxy) is 1. The van der Waals surface area contributed by atoms with Crippen LogP contribution in [0.3, 0.4) is 0 Å². The van der Waals surface area contributed by atoms with Crippen molar-refractivity contribution in [2.24, 2.45) is 0 Å². The van der Waals surface area contributed by atoms with Crippen LogP contribution in [0.25, 0.3) is 10.6 Å². The number of carbonyl (C=O) groups is 2. The van der Waals surface area contributed by atoms with Crippen molar-refractivity contribution in [3.8, 4) is 10.6 Å². The van der Waals surface area contributed by atoms with E-state index in [0.29, 0.717) is 12.2 Å². The third-order valence-corrected chi connectivity index (χ3v) is 5.26. The van der Waals surface area contributed by atoms with Gasteiger partial charge in [-0.05, 0) is 23.9 Å². The highest BCUT2D eigenvalue weighted by Crippen LogP contribution is 2.25. The zero-order valence-electron chi connectivity index (χ0n) is 14.2. The molecule has 26 heavy (non-hydrogen) atoms. The summed E-state index contributed by atoms with van der Waals surface area (Å²) in [5, 5.41) is 9.48.